The molecule has 5 nitrogen and oxygen atoms in total. The Kier molecular flexibility index (Phi) is 7.00. The van der Waals surface area contributed by atoms with E-state index < -0.39 is 5.60 Å². The number of carbonyl (C=O) groups is 1. The molecule has 0 spiro atoms. The Morgan fingerprint density at radius 2 is 1.95 bits per heavy atom. The van der Waals surface area contributed by atoms with Crippen molar-refractivity contribution >= 4 is 27.7 Å². The van der Waals surface area contributed by atoms with Crippen molar-refractivity contribution in [1.82, 2.24) is 5.32 Å². The van der Waals surface area contributed by atoms with Gasteiger partial charge in [-0.25, -0.2) is 4.79 Å². The van der Waals surface area contributed by atoms with Gasteiger partial charge in [-0.1, -0.05) is 15.9 Å². The first-order valence-corrected chi connectivity index (χ1v) is 8.07. The molecule has 1 aromatic carbocycles. The molecule has 0 heterocycles. The van der Waals surface area contributed by atoms with Crippen molar-refractivity contribution in [2.45, 2.75) is 39.7 Å². The Labute approximate surface area is 140 Å². The second-order valence-electron chi connectivity index (χ2n) is 6.01. The van der Waals surface area contributed by atoms with Crippen molar-refractivity contribution in [1.29, 1.82) is 0 Å². The summed E-state index contributed by atoms with van der Waals surface area (Å²) in [5, 5.41) is 6.08. The van der Waals surface area contributed by atoms with Crippen LogP contribution >= 0.6 is 15.9 Å². The minimum absolute atomic E-state index is 0.384. The van der Waals surface area contributed by atoms with E-state index in [4.69, 9.17) is 9.47 Å². The first kappa shape index (κ1) is 18.6. The second-order valence-corrected chi connectivity index (χ2v) is 6.92. The van der Waals surface area contributed by atoms with Gasteiger partial charge in [0.05, 0.1) is 12.8 Å². The van der Waals surface area contributed by atoms with Crippen molar-refractivity contribution in [3.8, 4) is 5.75 Å². The Balaban J connectivity index is 2.38. The van der Waals surface area contributed by atoms with Crippen molar-refractivity contribution in [2.24, 2.45) is 0 Å². The van der Waals surface area contributed by atoms with Gasteiger partial charge < -0.3 is 20.1 Å². The van der Waals surface area contributed by atoms with E-state index in [2.05, 4.69) is 26.6 Å². The zero-order valence-electron chi connectivity index (χ0n) is 13.9. The topological polar surface area (TPSA) is 59.6 Å². The van der Waals surface area contributed by atoms with Crippen LogP contribution in [0.4, 0.5) is 10.5 Å². The fraction of sp³-hybridized carbons (Fsp3) is 0.562. The summed E-state index contributed by atoms with van der Waals surface area (Å²) in [5.41, 5.74) is 1.61. The van der Waals surface area contributed by atoms with E-state index in [9.17, 15) is 4.79 Å². The maximum Gasteiger partial charge on any atom is 0.407 e. The lowest BCUT2D eigenvalue weighted by molar-refractivity contribution is 0.0528. The van der Waals surface area contributed by atoms with Crippen molar-refractivity contribution in [2.75, 3.05) is 25.5 Å². The number of aryl methyl sites for hydroxylation is 1. The molecular formula is C16H25BrN2O3. The molecule has 0 saturated heterocycles. The van der Waals surface area contributed by atoms with Gasteiger partial charge in [0.2, 0.25) is 0 Å². The van der Waals surface area contributed by atoms with Crippen molar-refractivity contribution in [3.63, 3.8) is 0 Å². The standard InChI is InChI=1S/C16H25BrN2O3/c1-11-9-12(17)10-13(21-5)14(11)18-7-6-8-19-15(20)22-16(2,3)4/h9-10,18H,6-8H2,1-5H3,(H,19,20). The molecule has 1 amide bonds. The van der Waals surface area contributed by atoms with Gasteiger partial charge in [0.15, 0.2) is 0 Å². The fourth-order valence-corrected chi connectivity index (χ4v) is 2.46. The Bertz CT molecular complexity index is 513. The predicted molar refractivity (Wildman–Crippen MR) is 92.8 cm³/mol. The highest BCUT2D eigenvalue weighted by Crippen LogP contribution is 2.31. The number of benzene rings is 1. The van der Waals surface area contributed by atoms with Gasteiger partial charge in [-0.3, -0.25) is 0 Å². The summed E-state index contributed by atoms with van der Waals surface area (Å²) in [6.45, 7) is 8.84. The van der Waals surface area contributed by atoms with Crippen LogP contribution in [0.1, 0.15) is 32.8 Å². The lowest BCUT2D eigenvalue weighted by Crippen LogP contribution is -2.33. The van der Waals surface area contributed by atoms with E-state index in [0.29, 0.717) is 6.54 Å². The molecule has 0 aliphatic rings. The number of nitrogens with one attached hydrogen (secondary N) is 2. The summed E-state index contributed by atoms with van der Waals surface area (Å²) < 4.78 is 11.5. The van der Waals surface area contributed by atoms with Crippen LogP contribution < -0.4 is 15.4 Å². The van der Waals surface area contributed by atoms with E-state index >= 15 is 0 Å². The molecule has 1 aromatic rings. The third-order valence-electron chi connectivity index (χ3n) is 2.81. The fourth-order valence-electron chi connectivity index (χ4n) is 1.91. The molecule has 0 aliphatic carbocycles. The number of anilines is 1. The molecule has 0 bridgehead atoms. The van der Waals surface area contributed by atoms with Gasteiger partial charge in [-0.2, -0.15) is 0 Å². The minimum Gasteiger partial charge on any atom is -0.495 e. The highest BCUT2D eigenvalue weighted by Gasteiger charge is 2.15. The van der Waals surface area contributed by atoms with E-state index in [1.807, 2.05) is 39.8 Å². The summed E-state index contributed by atoms with van der Waals surface area (Å²) in [6.07, 6.45) is 0.405. The average Bonchev–Trinajstić information content (AvgIpc) is 2.37. The summed E-state index contributed by atoms with van der Waals surface area (Å²) in [7, 11) is 1.65. The van der Waals surface area contributed by atoms with E-state index in [-0.39, 0.29) is 6.09 Å². The Morgan fingerprint density at radius 1 is 1.27 bits per heavy atom. The first-order valence-electron chi connectivity index (χ1n) is 7.28. The summed E-state index contributed by atoms with van der Waals surface area (Å²) >= 11 is 3.45. The van der Waals surface area contributed by atoms with Gasteiger partial charge in [0.1, 0.15) is 11.4 Å². The lowest BCUT2D eigenvalue weighted by atomic mass is 10.2. The maximum absolute atomic E-state index is 11.5. The molecule has 0 fully saturated rings. The smallest absolute Gasteiger partial charge is 0.407 e. The van der Waals surface area contributed by atoms with Crippen LogP contribution in [-0.2, 0) is 4.74 Å². The molecule has 0 radical (unpaired) electrons. The van der Waals surface area contributed by atoms with Crippen LogP contribution in [0.5, 0.6) is 5.75 Å². The third kappa shape index (κ3) is 6.56. The zero-order valence-corrected chi connectivity index (χ0v) is 15.5. The number of hydrogen-bond acceptors (Lipinski definition) is 4. The molecule has 0 saturated carbocycles. The predicted octanol–water partition coefficient (Wildman–Crippen LogP) is 4.09. The minimum atomic E-state index is -0.468. The first-order chi connectivity index (χ1) is 10.2. The molecule has 124 valence electrons. The lowest BCUT2D eigenvalue weighted by Gasteiger charge is -2.19. The molecule has 0 atom stereocenters. The number of methoxy groups -OCH3 is 1. The highest BCUT2D eigenvalue weighted by atomic mass is 79.9. The van der Waals surface area contributed by atoms with Crippen LogP contribution in [0.2, 0.25) is 0 Å². The van der Waals surface area contributed by atoms with Crippen LogP contribution in [0.15, 0.2) is 16.6 Å². The molecule has 2 N–H and O–H groups in total. The van der Waals surface area contributed by atoms with Gasteiger partial charge in [-0.15, -0.1) is 0 Å². The molecule has 1 rings (SSSR count). The molecule has 0 unspecified atom stereocenters. The Morgan fingerprint density at radius 3 is 2.55 bits per heavy atom. The number of ether oxygens (including phenoxy) is 2. The van der Waals surface area contributed by atoms with Gasteiger partial charge in [-0.05, 0) is 51.8 Å². The molecule has 22 heavy (non-hydrogen) atoms. The summed E-state index contributed by atoms with van der Waals surface area (Å²) in [5.74, 6) is 0.798. The zero-order chi connectivity index (χ0) is 16.8. The van der Waals surface area contributed by atoms with E-state index in [0.717, 1.165) is 34.4 Å². The SMILES string of the molecule is COc1cc(Br)cc(C)c1NCCCNC(=O)OC(C)(C)C. The number of amides is 1. The Hall–Kier alpha value is -1.43. The monoisotopic (exact) mass is 372 g/mol. The summed E-state index contributed by atoms with van der Waals surface area (Å²) in [4.78, 5) is 11.5. The van der Waals surface area contributed by atoms with Crippen LogP contribution in [0.3, 0.4) is 0 Å². The quantitative estimate of drug-likeness (QED) is 0.738. The van der Waals surface area contributed by atoms with Crippen molar-refractivity contribution < 1.29 is 14.3 Å². The molecular weight excluding hydrogens is 348 g/mol. The van der Waals surface area contributed by atoms with Crippen molar-refractivity contribution in [3.05, 3.63) is 22.2 Å². The molecule has 0 aromatic heterocycles. The highest BCUT2D eigenvalue weighted by molar-refractivity contribution is 9.10. The number of rotatable bonds is 6. The molecule has 6 heteroatoms. The maximum atomic E-state index is 11.5. The van der Waals surface area contributed by atoms with Gasteiger partial charge >= 0.3 is 6.09 Å². The van der Waals surface area contributed by atoms with Gasteiger partial charge in [0, 0.05) is 17.6 Å². The number of carbonyl (C=O) groups excluding carboxylic acids is 1. The summed E-state index contributed by atoms with van der Waals surface area (Å²) in [6, 6.07) is 3.96. The van der Waals surface area contributed by atoms with Gasteiger partial charge in [0.25, 0.3) is 0 Å². The number of hydrogen-bond donors (Lipinski definition) is 2. The molecule has 0 aliphatic heterocycles. The number of halogens is 1. The second kappa shape index (κ2) is 8.27. The largest absolute Gasteiger partial charge is 0.495 e. The number of alkyl carbamates (subject to hydrolysis) is 1. The third-order valence-corrected chi connectivity index (χ3v) is 3.27. The average molecular weight is 373 g/mol. The van der Waals surface area contributed by atoms with Crippen LogP contribution in [0, 0.1) is 6.92 Å². The van der Waals surface area contributed by atoms with Crippen LogP contribution in [0.25, 0.3) is 0 Å². The van der Waals surface area contributed by atoms with Crippen LogP contribution in [-0.4, -0.2) is 31.9 Å². The normalized spacial score (nSPS) is 11.0. The van der Waals surface area contributed by atoms with E-state index in [1.54, 1.807) is 7.11 Å². The van der Waals surface area contributed by atoms with E-state index in [1.165, 1.54) is 0 Å².